The van der Waals surface area contributed by atoms with Gasteiger partial charge in [0.05, 0.1) is 18.2 Å². The Hall–Kier alpha value is -4.23. The van der Waals surface area contributed by atoms with Crippen molar-refractivity contribution in [3.63, 3.8) is 0 Å². The van der Waals surface area contributed by atoms with Crippen molar-refractivity contribution in [3.05, 3.63) is 64.1 Å². The lowest BCUT2D eigenvalue weighted by atomic mass is 9.60. The summed E-state index contributed by atoms with van der Waals surface area (Å²) in [4.78, 5) is 29.5. The average molecular weight is 510 g/mol. The predicted octanol–water partition coefficient (Wildman–Crippen LogP) is 4.00. The van der Waals surface area contributed by atoms with Gasteiger partial charge in [-0.1, -0.05) is 26.8 Å². The third-order valence-electron chi connectivity index (χ3n) is 7.12. The molecule has 37 heavy (non-hydrogen) atoms. The summed E-state index contributed by atoms with van der Waals surface area (Å²) in [5, 5.41) is 49.8. The van der Waals surface area contributed by atoms with E-state index in [2.05, 4.69) is 4.85 Å². The minimum absolute atomic E-state index is 0.0354. The van der Waals surface area contributed by atoms with Gasteiger partial charge in [-0.25, -0.2) is 9.64 Å². The number of carbonyl (C=O) groups is 2. The molecule has 0 radical (unpaired) electrons. The minimum Gasteiger partial charge on any atom is -0.504 e. The van der Waals surface area contributed by atoms with Crippen molar-refractivity contribution in [1.82, 2.24) is 0 Å². The molecule has 0 spiro atoms. The largest absolute Gasteiger partial charge is 0.504 e. The number of phenolic OH excluding ortho intramolecular Hbond substituents is 5. The molecule has 0 bridgehead atoms. The van der Waals surface area contributed by atoms with Crippen LogP contribution in [0.25, 0.3) is 4.85 Å². The normalized spacial score (nSPS) is 26.5. The number of esters is 1. The molecule has 4 rings (SSSR count). The Balaban J connectivity index is 1.80. The van der Waals surface area contributed by atoms with Crippen LogP contribution < -0.4 is 0 Å². The summed E-state index contributed by atoms with van der Waals surface area (Å²) < 4.78 is 12.2. The second kappa shape index (κ2) is 8.71. The minimum atomic E-state index is -1.13. The number of ether oxygens (including phenoxy) is 2. The summed E-state index contributed by atoms with van der Waals surface area (Å²) in [5.41, 5.74) is -1.69. The van der Waals surface area contributed by atoms with Gasteiger partial charge >= 0.3 is 5.97 Å². The summed E-state index contributed by atoms with van der Waals surface area (Å²) in [6, 6.07) is 4.74. The zero-order valence-corrected chi connectivity index (χ0v) is 20.6. The lowest BCUT2D eigenvalue weighted by Gasteiger charge is -2.53. The number of aromatic hydroxyl groups is 5. The van der Waals surface area contributed by atoms with E-state index in [1.165, 1.54) is 19.1 Å². The quantitative estimate of drug-likeness (QED) is 0.234. The molecule has 4 atom stereocenters. The van der Waals surface area contributed by atoms with E-state index in [0.717, 1.165) is 18.2 Å². The van der Waals surface area contributed by atoms with Crippen LogP contribution in [0.4, 0.5) is 0 Å². The molecule has 5 N–H and O–H groups in total. The van der Waals surface area contributed by atoms with Gasteiger partial charge in [-0.2, -0.15) is 0 Å². The number of benzene rings is 2. The smallest absolute Gasteiger partial charge is 0.338 e. The molecular formula is C27H27NO9. The number of carbonyl (C=O) groups excluding carboxylic acids is 2. The maximum atomic E-state index is 13.1. The number of Topliss-reactive ketones (excluding diaryl/α,β-unsaturated/α-hetero) is 1. The summed E-state index contributed by atoms with van der Waals surface area (Å²) in [5.74, 6) is -4.08. The zero-order chi connectivity index (χ0) is 27.4. The van der Waals surface area contributed by atoms with Gasteiger partial charge in [0.25, 0.3) is 0 Å². The van der Waals surface area contributed by atoms with Crippen LogP contribution in [-0.4, -0.2) is 49.5 Å². The SMILES string of the molecule is [C-]#[N+]C1=CC2(C)C[C@H](OC(=O)c3cc(C)c(O)c(O)c3)[C@H](c3cc(O)c(O)c(O)c3)OC2C(C)(C)C1=O. The topological polar surface area (TPSA) is 158 Å². The van der Waals surface area contributed by atoms with Crippen molar-refractivity contribution in [1.29, 1.82) is 0 Å². The van der Waals surface area contributed by atoms with Crippen LogP contribution in [-0.2, 0) is 14.3 Å². The van der Waals surface area contributed by atoms with E-state index < -0.39 is 63.9 Å². The van der Waals surface area contributed by atoms with Gasteiger partial charge in [-0.15, -0.1) is 0 Å². The Morgan fingerprint density at radius 3 is 2.19 bits per heavy atom. The summed E-state index contributed by atoms with van der Waals surface area (Å²) in [6.45, 7) is 14.1. The van der Waals surface area contributed by atoms with Crippen molar-refractivity contribution in [2.75, 3.05) is 0 Å². The highest BCUT2D eigenvalue weighted by Crippen LogP contribution is 2.55. The second-order valence-corrected chi connectivity index (χ2v) is 10.4. The van der Waals surface area contributed by atoms with E-state index in [1.54, 1.807) is 20.8 Å². The fraction of sp³-hybridized carbons (Fsp3) is 0.370. The predicted molar refractivity (Wildman–Crippen MR) is 129 cm³/mol. The lowest BCUT2D eigenvalue weighted by molar-refractivity contribution is -0.205. The van der Waals surface area contributed by atoms with Crippen LogP contribution in [0.5, 0.6) is 28.7 Å². The van der Waals surface area contributed by atoms with Gasteiger partial charge in [-0.3, -0.25) is 0 Å². The van der Waals surface area contributed by atoms with E-state index in [9.17, 15) is 35.1 Å². The zero-order valence-electron chi connectivity index (χ0n) is 20.6. The Kier molecular flexibility index (Phi) is 6.08. The molecule has 194 valence electrons. The van der Waals surface area contributed by atoms with Gasteiger partial charge in [0.2, 0.25) is 5.70 Å². The molecule has 0 saturated carbocycles. The molecular weight excluding hydrogens is 482 g/mol. The average Bonchev–Trinajstić information content (AvgIpc) is 2.82. The Labute approximate surface area is 212 Å². The number of hydrogen-bond acceptors (Lipinski definition) is 9. The fourth-order valence-corrected chi connectivity index (χ4v) is 5.35. The van der Waals surface area contributed by atoms with Crippen LogP contribution in [0.1, 0.15) is 54.8 Å². The van der Waals surface area contributed by atoms with Gasteiger partial charge in [0.1, 0.15) is 12.2 Å². The molecule has 2 aromatic carbocycles. The van der Waals surface area contributed by atoms with Gasteiger partial charge in [0, 0.05) is 10.8 Å². The maximum Gasteiger partial charge on any atom is 0.338 e. The van der Waals surface area contributed by atoms with Crippen LogP contribution in [0.15, 0.2) is 36.0 Å². The lowest BCUT2D eigenvalue weighted by Crippen LogP contribution is -2.57. The third-order valence-corrected chi connectivity index (χ3v) is 7.12. The van der Waals surface area contributed by atoms with Crippen molar-refractivity contribution in [2.45, 2.75) is 52.4 Å². The first-order valence-electron chi connectivity index (χ1n) is 11.5. The van der Waals surface area contributed by atoms with Crippen molar-refractivity contribution in [3.8, 4) is 28.7 Å². The number of allylic oxidation sites excluding steroid dienone is 1. The molecule has 2 unspecified atom stereocenters. The van der Waals surface area contributed by atoms with Crippen LogP contribution in [0.2, 0.25) is 0 Å². The maximum absolute atomic E-state index is 13.1. The first kappa shape index (κ1) is 25.9. The summed E-state index contributed by atoms with van der Waals surface area (Å²) in [6.07, 6.45) is -1.26. The summed E-state index contributed by atoms with van der Waals surface area (Å²) in [7, 11) is 0. The number of rotatable bonds is 3. The molecule has 2 aliphatic rings. The molecule has 10 nitrogen and oxygen atoms in total. The van der Waals surface area contributed by atoms with E-state index in [0.29, 0.717) is 0 Å². The number of nitrogens with zero attached hydrogens (tertiary/aromatic N) is 1. The third kappa shape index (κ3) is 4.21. The van der Waals surface area contributed by atoms with E-state index in [4.69, 9.17) is 16.0 Å². The van der Waals surface area contributed by atoms with Gasteiger partial charge < -0.3 is 39.8 Å². The van der Waals surface area contributed by atoms with Crippen LogP contribution >= 0.6 is 0 Å². The Morgan fingerprint density at radius 2 is 1.62 bits per heavy atom. The number of phenols is 5. The highest BCUT2D eigenvalue weighted by Gasteiger charge is 2.58. The number of fused-ring (bicyclic) bond motifs is 1. The number of aryl methyl sites for hydroxylation is 1. The number of hydrogen-bond donors (Lipinski definition) is 5. The molecule has 1 aliphatic heterocycles. The number of ketones is 1. The van der Waals surface area contributed by atoms with Crippen LogP contribution in [0.3, 0.4) is 0 Å². The molecule has 1 saturated heterocycles. The van der Waals surface area contributed by atoms with Crippen LogP contribution in [0, 0.1) is 24.3 Å². The van der Waals surface area contributed by atoms with E-state index in [1.807, 2.05) is 0 Å². The monoisotopic (exact) mass is 509 g/mol. The fourth-order valence-electron chi connectivity index (χ4n) is 5.35. The van der Waals surface area contributed by atoms with Crippen molar-refractivity contribution < 1.29 is 44.6 Å². The van der Waals surface area contributed by atoms with E-state index in [-0.39, 0.29) is 34.6 Å². The van der Waals surface area contributed by atoms with Gasteiger partial charge in [0.15, 0.2) is 34.5 Å². The first-order valence-corrected chi connectivity index (χ1v) is 11.5. The molecule has 1 fully saturated rings. The summed E-state index contributed by atoms with van der Waals surface area (Å²) >= 11 is 0. The van der Waals surface area contributed by atoms with Crippen molar-refractivity contribution >= 4 is 11.8 Å². The van der Waals surface area contributed by atoms with Crippen molar-refractivity contribution in [2.24, 2.45) is 10.8 Å². The molecule has 1 aliphatic carbocycles. The molecule has 2 aromatic rings. The second-order valence-electron chi connectivity index (χ2n) is 10.4. The highest BCUT2D eigenvalue weighted by molar-refractivity contribution is 6.02. The molecule has 10 heteroatoms. The molecule has 0 amide bonds. The molecule has 0 aromatic heterocycles. The Morgan fingerprint density at radius 1 is 1.03 bits per heavy atom. The standard InChI is InChI=1S/C27H27NO9/c1-12-6-14(9-16(29)20(12)32)24(35)36-19-11-27(4)10-15(28-5)23(34)26(2,3)25(27)37-22(19)13-7-17(30)21(33)18(31)8-13/h6-10,19,22,25,29-33H,11H2,1-4H3/t19-,22-,25?,27?/m0/s1. The Bertz CT molecular complexity index is 1340. The van der Waals surface area contributed by atoms with E-state index >= 15 is 0 Å². The highest BCUT2D eigenvalue weighted by atomic mass is 16.6. The van der Waals surface area contributed by atoms with Gasteiger partial charge in [-0.05, 0) is 48.7 Å². The first-order chi connectivity index (χ1) is 17.2. The molecule has 1 heterocycles.